The number of nitrogens with zero attached hydrogens (tertiary/aromatic N) is 1. The van der Waals surface area contributed by atoms with Gasteiger partial charge in [0.05, 0.1) is 11.6 Å². The summed E-state index contributed by atoms with van der Waals surface area (Å²) in [6, 6.07) is 0.484. The monoisotopic (exact) mass is 297 g/mol. The molecule has 0 atom stereocenters. The van der Waals surface area contributed by atoms with Crippen LogP contribution in [-0.2, 0) is 11.2 Å². The summed E-state index contributed by atoms with van der Waals surface area (Å²) in [5.41, 5.74) is 0.0687. The van der Waals surface area contributed by atoms with Gasteiger partial charge in [-0.3, -0.25) is 4.79 Å². The molecule has 1 saturated carbocycles. The average Bonchev–Trinajstić information content (AvgIpc) is 3.07. The van der Waals surface area contributed by atoms with Crippen LogP contribution in [0.25, 0.3) is 0 Å². The van der Waals surface area contributed by atoms with Crippen molar-refractivity contribution in [2.75, 3.05) is 13.1 Å². The topological polar surface area (TPSA) is 91.3 Å². The van der Waals surface area contributed by atoms with E-state index in [-0.39, 0.29) is 11.6 Å². The van der Waals surface area contributed by atoms with E-state index in [2.05, 4.69) is 15.6 Å². The molecule has 7 heteroatoms. The average molecular weight is 297 g/mol. The number of carboxylic acid groups (broad SMARTS) is 1. The number of nitrogens with one attached hydrogen (secondary N) is 2. The van der Waals surface area contributed by atoms with Crippen LogP contribution in [0.15, 0.2) is 5.38 Å². The summed E-state index contributed by atoms with van der Waals surface area (Å²) >= 11 is 1.30. The minimum absolute atomic E-state index is 0.0214. The second-order valence-electron chi connectivity index (χ2n) is 4.89. The number of hydrogen-bond donors (Lipinski definition) is 3. The maximum atomic E-state index is 11.6. The van der Waals surface area contributed by atoms with Gasteiger partial charge in [-0.05, 0) is 12.8 Å². The second-order valence-corrected chi connectivity index (χ2v) is 5.84. The normalized spacial score (nSPS) is 15.4. The van der Waals surface area contributed by atoms with Gasteiger partial charge in [-0.2, -0.15) is 0 Å². The predicted octanol–water partition coefficient (Wildman–Crippen LogP) is 1.03. The minimum Gasteiger partial charge on any atom is -0.476 e. The molecular formula is C13H19N3O3S. The van der Waals surface area contributed by atoms with Crippen molar-refractivity contribution in [1.29, 1.82) is 0 Å². The quantitative estimate of drug-likeness (QED) is 0.699. The molecule has 3 N–H and O–H groups in total. The van der Waals surface area contributed by atoms with E-state index in [0.717, 1.165) is 17.8 Å². The van der Waals surface area contributed by atoms with Crippen LogP contribution >= 0.6 is 11.3 Å². The molecular weight excluding hydrogens is 278 g/mol. The van der Waals surface area contributed by atoms with Gasteiger partial charge < -0.3 is 15.7 Å². The molecule has 1 heterocycles. The Kier molecular flexibility index (Phi) is 5.49. The standard InChI is InChI=1S/C13H19N3O3S/c17-11(7-15-9-3-1-2-4-9)14-6-5-12-16-10(8-20-12)13(18)19/h8-9,15H,1-7H2,(H,14,17)(H,18,19). The predicted molar refractivity (Wildman–Crippen MR) is 76.0 cm³/mol. The molecule has 0 unspecified atom stereocenters. The van der Waals surface area contributed by atoms with Crippen LogP contribution in [0.2, 0.25) is 0 Å². The van der Waals surface area contributed by atoms with Gasteiger partial charge in [0.1, 0.15) is 0 Å². The summed E-state index contributed by atoms with van der Waals surface area (Å²) in [6.07, 6.45) is 5.37. The number of aromatic nitrogens is 1. The van der Waals surface area contributed by atoms with Gasteiger partial charge in [-0.25, -0.2) is 9.78 Å². The number of hydrogen-bond acceptors (Lipinski definition) is 5. The second kappa shape index (κ2) is 7.35. The molecule has 1 amide bonds. The smallest absolute Gasteiger partial charge is 0.355 e. The third-order valence-corrected chi connectivity index (χ3v) is 4.25. The summed E-state index contributed by atoms with van der Waals surface area (Å²) in [5.74, 6) is -1.04. The Morgan fingerprint density at radius 3 is 2.80 bits per heavy atom. The molecule has 0 radical (unpaired) electrons. The van der Waals surface area contributed by atoms with Gasteiger partial charge >= 0.3 is 5.97 Å². The first-order valence-electron chi connectivity index (χ1n) is 6.83. The van der Waals surface area contributed by atoms with Crippen molar-refractivity contribution in [2.24, 2.45) is 0 Å². The van der Waals surface area contributed by atoms with Crippen LogP contribution in [0.5, 0.6) is 0 Å². The fourth-order valence-corrected chi connectivity index (χ4v) is 3.03. The number of amides is 1. The Balaban J connectivity index is 1.61. The molecule has 6 nitrogen and oxygen atoms in total. The van der Waals surface area contributed by atoms with Crippen LogP contribution in [-0.4, -0.2) is 41.1 Å². The summed E-state index contributed by atoms with van der Waals surface area (Å²) in [7, 11) is 0. The zero-order chi connectivity index (χ0) is 14.4. The van der Waals surface area contributed by atoms with Gasteiger partial charge in [0.2, 0.25) is 5.91 Å². The van der Waals surface area contributed by atoms with Gasteiger partial charge in [0.15, 0.2) is 5.69 Å². The number of rotatable bonds is 7. The summed E-state index contributed by atoms with van der Waals surface area (Å²) in [4.78, 5) is 26.3. The Bertz CT molecular complexity index is 469. The molecule has 0 bridgehead atoms. The SMILES string of the molecule is O=C(CNC1CCCC1)NCCc1nc(C(=O)O)cs1. The Morgan fingerprint density at radius 1 is 1.40 bits per heavy atom. The number of aromatic carboxylic acids is 1. The largest absolute Gasteiger partial charge is 0.476 e. The van der Waals surface area contributed by atoms with Gasteiger partial charge in [-0.15, -0.1) is 11.3 Å². The molecule has 0 spiro atoms. The van der Waals surface area contributed by atoms with E-state index in [9.17, 15) is 9.59 Å². The molecule has 1 aliphatic carbocycles. The van der Waals surface area contributed by atoms with E-state index < -0.39 is 5.97 Å². The molecule has 1 aromatic heterocycles. The fourth-order valence-electron chi connectivity index (χ4n) is 2.26. The highest BCUT2D eigenvalue weighted by atomic mass is 32.1. The molecule has 0 saturated heterocycles. The molecule has 20 heavy (non-hydrogen) atoms. The molecule has 1 fully saturated rings. The zero-order valence-electron chi connectivity index (χ0n) is 11.2. The lowest BCUT2D eigenvalue weighted by Gasteiger charge is -2.11. The number of carbonyl (C=O) groups excluding carboxylic acids is 1. The zero-order valence-corrected chi connectivity index (χ0v) is 12.0. The first-order chi connectivity index (χ1) is 9.65. The van der Waals surface area contributed by atoms with Crippen LogP contribution in [0.4, 0.5) is 0 Å². The van der Waals surface area contributed by atoms with Crippen molar-refractivity contribution < 1.29 is 14.7 Å². The van der Waals surface area contributed by atoms with E-state index >= 15 is 0 Å². The lowest BCUT2D eigenvalue weighted by atomic mass is 10.2. The van der Waals surface area contributed by atoms with Crippen LogP contribution < -0.4 is 10.6 Å². The van der Waals surface area contributed by atoms with E-state index in [4.69, 9.17) is 5.11 Å². The molecule has 1 aliphatic rings. The van der Waals surface area contributed by atoms with Gasteiger partial charge in [0.25, 0.3) is 0 Å². The van der Waals surface area contributed by atoms with Crippen molar-refractivity contribution in [1.82, 2.24) is 15.6 Å². The lowest BCUT2D eigenvalue weighted by Crippen LogP contribution is -2.38. The molecule has 0 aromatic carbocycles. The van der Waals surface area contributed by atoms with E-state index in [1.165, 1.54) is 29.6 Å². The third kappa shape index (κ3) is 4.57. The highest BCUT2D eigenvalue weighted by Gasteiger charge is 2.15. The third-order valence-electron chi connectivity index (χ3n) is 3.34. The Morgan fingerprint density at radius 2 is 2.15 bits per heavy atom. The number of carbonyl (C=O) groups is 2. The van der Waals surface area contributed by atoms with Crippen molar-refractivity contribution >= 4 is 23.2 Å². The summed E-state index contributed by atoms with van der Waals surface area (Å²) < 4.78 is 0. The molecule has 2 rings (SSSR count). The van der Waals surface area contributed by atoms with Crippen molar-refractivity contribution in [3.8, 4) is 0 Å². The van der Waals surface area contributed by atoms with Crippen LogP contribution in [0.3, 0.4) is 0 Å². The van der Waals surface area contributed by atoms with Gasteiger partial charge in [0, 0.05) is 24.4 Å². The van der Waals surface area contributed by atoms with E-state index in [1.807, 2.05) is 0 Å². The van der Waals surface area contributed by atoms with Crippen molar-refractivity contribution in [3.63, 3.8) is 0 Å². The molecule has 1 aromatic rings. The summed E-state index contributed by atoms with van der Waals surface area (Å²) in [5, 5.41) is 17.1. The maximum Gasteiger partial charge on any atom is 0.355 e. The van der Waals surface area contributed by atoms with Gasteiger partial charge in [-0.1, -0.05) is 12.8 Å². The fraction of sp³-hybridized carbons (Fsp3) is 0.615. The first kappa shape index (κ1) is 14.9. The highest BCUT2D eigenvalue weighted by Crippen LogP contribution is 2.17. The van der Waals surface area contributed by atoms with Crippen LogP contribution in [0, 0.1) is 0 Å². The number of carboxylic acids is 1. The molecule has 0 aliphatic heterocycles. The van der Waals surface area contributed by atoms with E-state index in [1.54, 1.807) is 0 Å². The van der Waals surface area contributed by atoms with E-state index in [0.29, 0.717) is 25.6 Å². The highest BCUT2D eigenvalue weighted by molar-refractivity contribution is 7.09. The van der Waals surface area contributed by atoms with Crippen molar-refractivity contribution in [2.45, 2.75) is 38.1 Å². The Hall–Kier alpha value is -1.47. The first-order valence-corrected chi connectivity index (χ1v) is 7.71. The Labute approximate surface area is 121 Å². The lowest BCUT2D eigenvalue weighted by molar-refractivity contribution is -0.120. The molecule has 110 valence electrons. The number of thiazole rings is 1. The minimum atomic E-state index is -1.02. The maximum absolute atomic E-state index is 11.6. The van der Waals surface area contributed by atoms with Crippen LogP contribution in [0.1, 0.15) is 41.2 Å². The van der Waals surface area contributed by atoms with Crippen molar-refractivity contribution in [3.05, 3.63) is 16.1 Å². The summed E-state index contributed by atoms with van der Waals surface area (Å²) in [6.45, 7) is 0.834.